The summed E-state index contributed by atoms with van der Waals surface area (Å²) in [6.07, 6.45) is 8.73. The summed E-state index contributed by atoms with van der Waals surface area (Å²) in [4.78, 5) is 232. The molecule has 123 heavy (non-hydrogen) atoms. The van der Waals surface area contributed by atoms with E-state index in [2.05, 4.69) is 36.7 Å². The first-order chi connectivity index (χ1) is 58.5. The van der Waals surface area contributed by atoms with Gasteiger partial charge in [-0.3, -0.25) is 82.4 Å². The fraction of sp³-hybridized carbons (Fsp3) is 0.781. The lowest BCUT2D eigenvalue weighted by molar-refractivity contribution is -0.155. The number of hydrogen-bond acceptors (Lipinski definition) is 30. The van der Waals surface area contributed by atoms with Gasteiger partial charge in [0.05, 0.1) is 126 Å². The Hall–Kier alpha value is -10.1. The standard InChI is InChI=1S/C14H22N4O5.C14H23N3O5.C12H20N4O4.C12H19N3O5.C11H17N3O5.C10H17N3O5S/c1-22-18-10-2-3-11(17(9-10)14(18)21)13(20)15-8-12(19)16-4-6-23-7-5-16;1-14(2,3)22-11(18)7-15-12(19)10-6-5-9-8-16(10)13(20)17(9)21-4;1-19-16-9-2-3-10(15(8-9)12(16)18)11(17)13-14-4-6-20-7-5-14;1-3-20-10(16)6-13-11(17)9-5-4-8-7-14(9)12(18)15(8)19-2;1-18-9(15)5-12-10(16)8-4-3-7-6-13(8)11(17)14(7)19-2;1-18-13-7-3-4-8(12(5-7)10(13)15)9(14)11-6-19(2,16)17/h10-11H,2-9H2,1H3,(H,15,20);9-10H,5-8H2,1-4H3,(H,15,19);9-10H,2-8H2,1H3,(H,13,17);8-9H,3-7H2,1-2H3,(H,13,17);7-8H,3-6H2,1-2H3,(H,12,16);7-8H,3-6H2,1-2H3,(H,11,14)/t10-,11+;2*9-,10+;8-,9+;2*7-,8+/m111111/s1. The molecule has 19 amide bonds. The number of nitrogens with one attached hydrogen (secondary N) is 6. The number of carbonyl (C=O) groups is 16. The summed E-state index contributed by atoms with van der Waals surface area (Å²) in [5.74, 6) is -3.88. The van der Waals surface area contributed by atoms with Gasteiger partial charge in [0.25, 0.3) is 5.91 Å². The van der Waals surface area contributed by atoms with Crippen molar-refractivity contribution in [2.45, 2.75) is 183 Å². The molecule has 49 nitrogen and oxygen atoms in total. The maximum Gasteiger partial charge on any atom is 0.345 e. The van der Waals surface area contributed by atoms with Gasteiger partial charge in [0.1, 0.15) is 67.4 Å². The molecule has 0 aromatic rings. The summed E-state index contributed by atoms with van der Waals surface area (Å²) in [7, 11) is 6.66. The van der Waals surface area contributed by atoms with Crippen LogP contribution >= 0.6 is 0 Å². The van der Waals surface area contributed by atoms with Crippen LogP contribution < -0.4 is 32.0 Å². The number of amides is 19. The first-order valence-corrected chi connectivity index (χ1v) is 42.9. The Balaban J connectivity index is 0.000000168. The summed E-state index contributed by atoms with van der Waals surface area (Å²) in [5, 5.41) is 22.3. The van der Waals surface area contributed by atoms with Gasteiger partial charge in [0.2, 0.25) is 35.4 Å². The molecule has 12 atom stereocenters. The Morgan fingerprint density at radius 2 is 0.642 bits per heavy atom. The first-order valence-electron chi connectivity index (χ1n) is 40.9. The number of morpholine rings is 2. The first kappa shape index (κ1) is 96.7. The lowest BCUT2D eigenvalue weighted by Crippen LogP contribution is -2.56. The highest BCUT2D eigenvalue weighted by Crippen LogP contribution is 2.36. The summed E-state index contributed by atoms with van der Waals surface area (Å²) >= 11 is 0. The molecule has 50 heteroatoms. The lowest BCUT2D eigenvalue weighted by Gasteiger charge is -2.33. The number of urea groups is 6. The molecule has 0 radical (unpaired) electrons. The number of nitrogens with zero attached hydrogens (tertiary/aromatic N) is 14. The number of ether oxygens (including phenoxy) is 5. The average Bonchev–Trinajstić information content (AvgIpc) is 1.68. The second-order valence-electron chi connectivity index (χ2n) is 31.7. The third-order valence-electron chi connectivity index (χ3n) is 22.7. The Kier molecular flexibility index (Phi) is 34.6. The second-order valence-corrected chi connectivity index (χ2v) is 33.8. The summed E-state index contributed by atoms with van der Waals surface area (Å²) < 4.78 is 46.8. The Labute approximate surface area is 711 Å². The zero-order chi connectivity index (χ0) is 89.9. The van der Waals surface area contributed by atoms with Gasteiger partial charge in [-0.15, -0.1) is 0 Å². The highest BCUT2D eigenvalue weighted by Gasteiger charge is 2.54. The number of carbonyl (C=O) groups excluding carboxylic acids is 16. The number of esters is 3. The Bertz CT molecular complexity index is 3930. The molecule has 14 saturated heterocycles. The van der Waals surface area contributed by atoms with E-state index in [0.717, 1.165) is 12.7 Å². The number of hydrazine groups is 1. The molecule has 14 aliphatic heterocycles. The number of sulfone groups is 1. The largest absolute Gasteiger partial charge is 0.468 e. The number of piperidine rings is 6. The van der Waals surface area contributed by atoms with Crippen molar-refractivity contribution in [2.75, 3.05) is 187 Å². The molecule has 14 fully saturated rings. The van der Waals surface area contributed by atoms with Crippen LogP contribution in [0.4, 0.5) is 28.8 Å². The molecule has 690 valence electrons. The minimum atomic E-state index is -3.27. The zero-order valence-corrected chi connectivity index (χ0v) is 72.4. The van der Waals surface area contributed by atoms with Crippen molar-refractivity contribution in [1.29, 1.82) is 0 Å². The summed E-state index contributed by atoms with van der Waals surface area (Å²) in [5.41, 5.74) is 2.29. The number of hydroxylamine groups is 12. The van der Waals surface area contributed by atoms with Gasteiger partial charge in [0.15, 0.2) is 9.84 Å². The molecule has 14 aliphatic rings. The van der Waals surface area contributed by atoms with Gasteiger partial charge in [-0.25, -0.2) is 42.2 Å². The maximum atomic E-state index is 12.4. The molecular weight excluding hydrogens is 1650 g/mol. The predicted molar refractivity (Wildman–Crippen MR) is 419 cm³/mol. The van der Waals surface area contributed by atoms with Crippen molar-refractivity contribution < 1.29 is 138 Å². The van der Waals surface area contributed by atoms with Crippen molar-refractivity contribution in [1.82, 2.24) is 102 Å². The van der Waals surface area contributed by atoms with Crippen LogP contribution in [-0.2, 0) is 110 Å². The van der Waals surface area contributed by atoms with Gasteiger partial charge in [-0.1, -0.05) is 0 Å². The monoisotopic (exact) mass is 1770 g/mol. The fourth-order valence-corrected chi connectivity index (χ4v) is 17.2. The van der Waals surface area contributed by atoms with Gasteiger partial charge in [-0.2, -0.15) is 30.4 Å². The van der Waals surface area contributed by atoms with Crippen LogP contribution in [0.2, 0.25) is 0 Å². The van der Waals surface area contributed by atoms with Crippen LogP contribution in [0.5, 0.6) is 0 Å². The highest BCUT2D eigenvalue weighted by molar-refractivity contribution is 7.90. The number of fused-ring (bicyclic) bond motifs is 12. The third-order valence-corrected chi connectivity index (χ3v) is 23.3. The van der Waals surface area contributed by atoms with Crippen LogP contribution in [0.1, 0.15) is 105 Å². The molecule has 14 rings (SSSR count). The summed E-state index contributed by atoms with van der Waals surface area (Å²) in [6, 6.07) is -4.91. The van der Waals surface area contributed by atoms with E-state index in [0.29, 0.717) is 163 Å². The van der Waals surface area contributed by atoms with Crippen molar-refractivity contribution in [3.8, 4) is 0 Å². The Morgan fingerprint density at radius 1 is 0.374 bits per heavy atom. The van der Waals surface area contributed by atoms with Gasteiger partial charge in [-0.05, 0) is 105 Å². The molecule has 14 heterocycles. The second kappa shape index (κ2) is 44.0. The van der Waals surface area contributed by atoms with Gasteiger partial charge in [0, 0.05) is 71.7 Å². The van der Waals surface area contributed by atoms with Crippen LogP contribution in [0, 0.1) is 0 Å². The van der Waals surface area contributed by atoms with Crippen LogP contribution in [0.3, 0.4) is 0 Å². The van der Waals surface area contributed by atoms with Crippen molar-refractivity contribution in [3.63, 3.8) is 0 Å². The van der Waals surface area contributed by atoms with Crippen LogP contribution in [0.25, 0.3) is 0 Å². The maximum absolute atomic E-state index is 12.4. The van der Waals surface area contributed by atoms with Crippen molar-refractivity contribution >= 4 is 105 Å². The number of rotatable bonds is 24. The van der Waals surface area contributed by atoms with E-state index < -0.39 is 81.4 Å². The normalized spacial score (nSPS) is 26.6. The predicted octanol–water partition coefficient (Wildman–Crippen LogP) is -4.22. The molecule has 0 aromatic heterocycles. The van der Waals surface area contributed by atoms with Crippen molar-refractivity contribution in [2.24, 2.45) is 0 Å². The van der Waals surface area contributed by atoms with E-state index >= 15 is 0 Å². The molecule has 6 N–H and O–H groups in total. The minimum Gasteiger partial charge on any atom is -0.468 e. The third kappa shape index (κ3) is 24.3. The van der Waals surface area contributed by atoms with E-state index in [-0.39, 0.29) is 141 Å². The van der Waals surface area contributed by atoms with E-state index in [1.54, 1.807) is 37.5 Å². The van der Waals surface area contributed by atoms with E-state index in [4.69, 9.17) is 48.0 Å². The smallest absolute Gasteiger partial charge is 0.345 e. The molecule has 0 unspecified atom stereocenters. The zero-order valence-electron chi connectivity index (χ0n) is 71.6. The molecular formula is C73H118N20O29S. The Morgan fingerprint density at radius 3 is 0.919 bits per heavy atom. The van der Waals surface area contributed by atoms with Crippen molar-refractivity contribution in [3.05, 3.63) is 0 Å². The minimum absolute atomic E-state index is 0.00149. The van der Waals surface area contributed by atoms with Crippen LogP contribution in [-0.4, -0.2) is 438 Å². The number of methoxy groups -OCH3 is 1. The topological polar surface area (TPSA) is 526 Å². The quantitative estimate of drug-likeness (QED) is 0.0394. The molecule has 0 aliphatic carbocycles. The fourth-order valence-electron chi connectivity index (χ4n) is 16.7. The molecule has 0 aromatic carbocycles. The molecule has 12 bridgehead atoms. The SMILES string of the molecule is CCOC(=O)CNC(=O)[C@@H]1CC[C@@H]2CN1C(=O)N2OC.COC(=O)CNC(=O)[C@@H]1CC[C@@H]2CN1C(=O)N2OC.CON1C(=O)N2C[C@H]1CC[C@H]2C(=O)NCC(=O)N1CCOCC1.CON1C(=O)N2C[C@H]1CC[C@H]2C(=O)NCC(=O)OC(C)(C)C.CON1C(=O)N2C[C@H]1CC[C@H]2C(=O)NCS(C)(=O)=O.CON1C(=O)N2C[C@H]1CC[C@H]2C(=O)NN1CCOCC1. The van der Waals surface area contributed by atoms with E-state index in [1.165, 1.54) is 105 Å². The molecule has 0 spiro atoms. The van der Waals surface area contributed by atoms with Gasteiger partial charge < -0.3 is 84.6 Å². The van der Waals surface area contributed by atoms with E-state index in [1.807, 2.05) is 5.01 Å². The average molecular weight is 1770 g/mol. The number of hydrogen-bond donors (Lipinski definition) is 6. The lowest BCUT2D eigenvalue weighted by atomic mass is 10.0. The highest BCUT2D eigenvalue weighted by atomic mass is 32.2. The van der Waals surface area contributed by atoms with Gasteiger partial charge >= 0.3 is 54.1 Å². The van der Waals surface area contributed by atoms with Crippen LogP contribution in [0.15, 0.2) is 0 Å². The molecule has 0 saturated carbocycles. The summed E-state index contributed by atoms with van der Waals surface area (Å²) in [6.45, 7) is 14.3. The van der Waals surface area contributed by atoms with E-state index in [9.17, 15) is 85.1 Å².